The standard InChI is InChI=1S/C11H13N3O3/c15-10-7-5-14(6-1-2-6)4-3-8(7)12-9(13-10)11(16)17/h6H,1-5H2,(H,16,17)(H,12,13,15). The summed E-state index contributed by atoms with van der Waals surface area (Å²) in [6, 6.07) is 0.613. The molecule has 1 fully saturated rings. The van der Waals surface area contributed by atoms with E-state index in [0.29, 0.717) is 30.3 Å². The van der Waals surface area contributed by atoms with Gasteiger partial charge in [0.2, 0.25) is 5.82 Å². The number of carbonyl (C=O) groups is 1. The second-order valence-electron chi connectivity index (χ2n) is 4.60. The van der Waals surface area contributed by atoms with Gasteiger partial charge in [-0.05, 0) is 12.8 Å². The minimum atomic E-state index is -1.19. The Kier molecular flexibility index (Phi) is 2.25. The van der Waals surface area contributed by atoms with Crippen molar-refractivity contribution in [2.24, 2.45) is 0 Å². The first-order valence-electron chi connectivity index (χ1n) is 5.74. The van der Waals surface area contributed by atoms with E-state index >= 15 is 0 Å². The van der Waals surface area contributed by atoms with Crippen molar-refractivity contribution in [3.63, 3.8) is 0 Å². The van der Waals surface area contributed by atoms with Gasteiger partial charge >= 0.3 is 5.97 Å². The number of nitrogens with zero attached hydrogens (tertiary/aromatic N) is 2. The fourth-order valence-corrected chi connectivity index (χ4v) is 2.30. The van der Waals surface area contributed by atoms with Crippen LogP contribution in [0.1, 0.15) is 34.7 Å². The number of carboxylic acids is 1. The van der Waals surface area contributed by atoms with Crippen LogP contribution in [0.5, 0.6) is 0 Å². The minimum Gasteiger partial charge on any atom is -0.475 e. The summed E-state index contributed by atoms with van der Waals surface area (Å²) in [7, 11) is 0. The first kappa shape index (κ1) is 10.5. The van der Waals surface area contributed by atoms with Crippen LogP contribution in [-0.2, 0) is 13.0 Å². The van der Waals surface area contributed by atoms with Crippen LogP contribution in [0.4, 0.5) is 0 Å². The van der Waals surface area contributed by atoms with Crippen molar-refractivity contribution < 1.29 is 9.90 Å². The molecule has 0 spiro atoms. The van der Waals surface area contributed by atoms with Gasteiger partial charge in [0, 0.05) is 25.6 Å². The smallest absolute Gasteiger partial charge is 0.372 e. The molecule has 0 radical (unpaired) electrons. The maximum atomic E-state index is 11.8. The average Bonchev–Trinajstić information content (AvgIpc) is 3.12. The van der Waals surface area contributed by atoms with Crippen LogP contribution in [0, 0.1) is 0 Å². The molecule has 1 aromatic heterocycles. The summed E-state index contributed by atoms with van der Waals surface area (Å²) in [5.41, 5.74) is 0.967. The van der Waals surface area contributed by atoms with Crippen LogP contribution >= 0.6 is 0 Å². The zero-order chi connectivity index (χ0) is 12.0. The Balaban J connectivity index is 1.97. The maximum Gasteiger partial charge on any atom is 0.372 e. The summed E-state index contributed by atoms with van der Waals surface area (Å²) >= 11 is 0. The molecule has 1 aliphatic carbocycles. The van der Waals surface area contributed by atoms with Crippen molar-refractivity contribution in [2.45, 2.75) is 31.8 Å². The number of carboxylic acid groups (broad SMARTS) is 1. The highest BCUT2D eigenvalue weighted by Crippen LogP contribution is 2.30. The van der Waals surface area contributed by atoms with Crippen molar-refractivity contribution in [2.75, 3.05) is 6.54 Å². The molecule has 0 amide bonds. The van der Waals surface area contributed by atoms with Gasteiger partial charge in [-0.1, -0.05) is 0 Å². The number of aromatic amines is 1. The number of hydrogen-bond acceptors (Lipinski definition) is 4. The summed E-state index contributed by atoms with van der Waals surface area (Å²) in [6.45, 7) is 1.47. The number of nitrogens with one attached hydrogen (secondary N) is 1. The third kappa shape index (κ3) is 1.84. The Morgan fingerprint density at radius 2 is 2.24 bits per heavy atom. The van der Waals surface area contributed by atoms with E-state index in [1.807, 2.05) is 0 Å². The largest absolute Gasteiger partial charge is 0.475 e. The summed E-state index contributed by atoms with van der Waals surface area (Å²) in [6.07, 6.45) is 3.07. The predicted octanol–water partition coefficient (Wildman–Crippen LogP) is -0.0114. The minimum absolute atomic E-state index is 0.256. The number of hydrogen-bond donors (Lipinski definition) is 2. The number of aromatic nitrogens is 2. The summed E-state index contributed by atoms with van der Waals surface area (Å²) in [5.74, 6) is -1.44. The van der Waals surface area contributed by atoms with Crippen LogP contribution < -0.4 is 5.56 Å². The van der Waals surface area contributed by atoms with E-state index in [0.717, 1.165) is 6.54 Å². The van der Waals surface area contributed by atoms with Gasteiger partial charge in [0.05, 0.1) is 11.3 Å². The summed E-state index contributed by atoms with van der Waals surface area (Å²) in [5, 5.41) is 8.82. The highest BCUT2D eigenvalue weighted by Gasteiger charge is 2.32. The first-order chi connectivity index (χ1) is 8.15. The van der Waals surface area contributed by atoms with Gasteiger partial charge in [0.25, 0.3) is 5.56 Å². The van der Waals surface area contributed by atoms with E-state index in [4.69, 9.17) is 5.11 Å². The molecule has 0 saturated heterocycles. The Morgan fingerprint density at radius 3 is 2.88 bits per heavy atom. The van der Waals surface area contributed by atoms with Gasteiger partial charge in [0.15, 0.2) is 0 Å². The Labute approximate surface area is 97.3 Å². The van der Waals surface area contributed by atoms with Crippen molar-refractivity contribution >= 4 is 5.97 Å². The summed E-state index contributed by atoms with van der Waals surface area (Å²) < 4.78 is 0. The fourth-order valence-electron chi connectivity index (χ4n) is 2.30. The monoisotopic (exact) mass is 235 g/mol. The molecule has 6 nitrogen and oxygen atoms in total. The molecule has 1 aliphatic heterocycles. The zero-order valence-electron chi connectivity index (χ0n) is 9.27. The molecule has 0 atom stereocenters. The first-order valence-corrected chi connectivity index (χ1v) is 5.74. The van der Waals surface area contributed by atoms with Crippen molar-refractivity contribution in [1.29, 1.82) is 0 Å². The lowest BCUT2D eigenvalue weighted by atomic mass is 10.1. The van der Waals surface area contributed by atoms with E-state index in [2.05, 4.69) is 14.9 Å². The van der Waals surface area contributed by atoms with Gasteiger partial charge in [0.1, 0.15) is 0 Å². The molecule has 2 N–H and O–H groups in total. The number of rotatable bonds is 2. The lowest BCUT2D eigenvalue weighted by Gasteiger charge is -2.27. The lowest BCUT2D eigenvalue weighted by molar-refractivity contribution is 0.0682. The second kappa shape index (κ2) is 3.66. The molecule has 2 heterocycles. The van der Waals surface area contributed by atoms with E-state index in [9.17, 15) is 9.59 Å². The molecule has 1 aromatic rings. The summed E-state index contributed by atoms with van der Waals surface area (Å²) in [4.78, 5) is 31.2. The number of aromatic carboxylic acids is 1. The van der Waals surface area contributed by atoms with Gasteiger partial charge in [-0.2, -0.15) is 0 Å². The Bertz CT molecular complexity index is 533. The zero-order valence-corrected chi connectivity index (χ0v) is 9.27. The Hall–Kier alpha value is -1.69. The predicted molar refractivity (Wildman–Crippen MR) is 59.0 cm³/mol. The fraction of sp³-hybridized carbons (Fsp3) is 0.545. The molecule has 6 heteroatoms. The molecular weight excluding hydrogens is 222 g/mol. The van der Waals surface area contributed by atoms with Crippen molar-refractivity contribution in [3.8, 4) is 0 Å². The van der Waals surface area contributed by atoms with E-state index in [1.54, 1.807) is 0 Å². The molecule has 0 aromatic carbocycles. The average molecular weight is 235 g/mol. The van der Waals surface area contributed by atoms with Gasteiger partial charge in [-0.3, -0.25) is 9.69 Å². The number of H-pyrrole nitrogens is 1. The third-order valence-electron chi connectivity index (χ3n) is 3.36. The van der Waals surface area contributed by atoms with Crippen molar-refractivity contribution in [1.82, 2.24) is 14.9 Å². The normalized spacial score (nSPS) is 20.0. The molecule has 0 unspecified atom stereocenters. The van der Waals surface area contributed by atoms with Crippen LogP contribution in [-0.4, -0.2) is 38.5 Å². The van der Waals surface area contributed by atoms with Crippen molar-refractivity contribution in [3.05, 3.63) is 27.4 Å². The SMILES string of the molecule is O=C(O)c1nc2c(c(=O)[nH]1)CN(C1CC1)CC2. The van der Waals surface area contributed by atoms with E-state index in [-0.39, 0.29) is 11.4 Å². The number of fused-ring (bicyclic) bond motifs is 1. The molecule has 0 bridgehead atoms. The van der Waals surface area contributed by atoms with Crippen LogP contribution in [0.3, 0.4) is 0 Å². The van der Waals surface area contributed by atoms with Gasteiger partial charge in [-0.25, -0.2) is 9.78 Å². The van der Waals surface area contributed by atoms with Crippen LogP contribution in [0.2, 0.25) is 0 Å². The molecule has 17 heavy (non-hydrogen) atoms. The quantitative estimate of drug-likeness (QED) is 0.752. The second-order valence-corrected chi connectivity index (χ2v) is 4.60. The molecular formula is C11H13N3O3. The topological polar surface area (TPSA) is 86.3 Å². The van der Waals surface area contributed by atoms with Crippen LogP contribution in [0.25, 0.3) is 0 Å². The third-order valence-corrected chi connectivity index (χ3v) is 3.36. The van der Waals surface area contributed by atoms with E-state index < -0.39 is 5.97 Å². The van der Waals surface area contributed by atoms with Crippen LogP contribution in [0.15, 0.2) is 4.79 Å². The molecule has 2 aliphatic rings. The molecule has 1 saturated carbocycles. The highest BCUT2D eigenvalue weighted by molar-refractivity contribution is 5.83. The molecule has 3 rings (SSSR count). The van der Waals surface area contributed by atoms with Gasteiger partial charge < -0.3 is 10.1 Å². The van der Waals surface area contributed by atoms with E-state index in [1.165, 1.54) is 12.8 Å². The van der Waals surface area contributed by atoms with Gasteiger partial charge in [-0.15, -0.1) is 0 Å². The highest BCUT2D eigenvalue weighted by atomic mass is 16.4. The molecule has 90 valence electrons. The maximum absolute atomic E-state index is 11.8. The lowest BCUT2D eigenvalue weighted by Crippen LogP contribution is -2.37. The Morgan fingerprint density at radius 1 is 1.47 bits per heavy atom.